The van der Waals surface area contributed by atoms with Crippen molar-refractivity contribution in [3.05, 3.63) is 63.6 Å². The molecule has 0 saturated heterocycles. The van der Waals surface area contributed by atoms with Crippen molar-refractivity contribution in [2.24, 2.45) is 5.84 Å². The molecule has 0 heterocycles. The van der Waals surface area contributed by atoms with Crippen molar-refractivity contribution in [3.8, 4) is 5.75 Å². The number of carbonyl (C=O) groups excluding carboxylic acids is 1. The van der Waals surface area contributed by atoms with Gasteiger partial charge in [-0.1, -0.05) is 53.5 Å². The fraction of sp³-hybridized carbons (Fsp3) is 0.188. The molecule has 116 valence electrons. The first kappa shape index (κ1) is 16.6. The summed E-state index contributed by atoms with van der Waals surface area (Å²) in [6.07, 6.45) is 0.0243. The van der Waals surface area contributed by atoms with Crippen molar-refractivity contribution in [2.75, 3.05) is 7.05 Å². The molecule has 2 aromatic carbocycles. The number of hydrazine groups is 1. The predicted molar refractivity (Wildman–Crippen MR) is 87.9 cm³/mol. The van der Waals surface area contributed by atoms with E-state index in [1.807, 2.05) is 30.3 Å². The number of nitrogens with two attached hydrogens (primary N) is 1. The zero-order valence-corrected chi connectivity index (χ0v) is 13.6. The first-order valence-electron chi connectivity index (χ1n) is 6.64. The van der Waals surface area contributed by atoms with Gasteiger partial charge in [0.1, 0.15) is 12.4 Å². The zero-order valence-electron chi connectivity index (χ0n) is 12.1. The number of nitrogens with zero attached hydrogens (tertiary/aromatic N) is 1. The number of likely N-dealkylation sites (N-methyl/N-ethyl adjacent to an activating group) is 1. The van der Waals surface area contributed by atoms with E-state index < -0.39 is 0 Å². The van der Waals surface area contributed by atoms with Crippen LogP contribution in [0.4, 0.5) is 0 Å². The molecule has 0 atom stereocenters. The largest absolute Gasteiger partial charge is 0.487 e. The summed E-state index contributed by atoms with van der Waals surface area (Å²) in [4.78, 5) is 11.8. The Kier molecular flexibility index (Phi) is 5.66. The molecule has 0 spiro atoms. The van der Waals surface area contributed by atoms with Crippen molar-refractivity contribution < 1.29 is 9.53 Å². The molecule has 0 aliphatic rings. The summed E-state index contributed by atoms with van der Waals surface area (Å²) in [6, 6.07) is 12.9. The molecule has 0 fully saturated rings. The molecule has 0 aromatic heterocycles. The van der Waals surface area contributed by atoms with Crippen LogP contribution >= 0.6 is 23.2 Å². The molecule has 0 aliphatic carbocycles. The Morgan fingerprint density at radius 3 is 2.41 bits per heavy atom. The number of carbonyl (C=O) groups is 1. The minimum Gasteiger partial charge on any atom is -0.487 e. The van der Waals surface area contributed by atoms with Crippen LogP contribution in [0.15, 0.2) is 42.5 Å². The average Bonchev–Trinajstić information content (AvgIpc) is 2.51. The third-order valence-electron chi connectivity index (χ3n) is 3.10. The maximum atomic E-state index is 11.8. The Morgan fingerprint density at radius 2 is 1.77 bits per heavy atom. The summed E-state index contributed by atoms with van der Waals surface area (Å²) in [5.74, 6) is 5.58. The Bertz CT molecular complexity index is 661. The van der Waals surface area contributed by atoms with Crippen molar-refractivity contribution in [2.45, 2.75) is 13.0 Å². The van der Waals surface area contributed by atoms with E-state index in [0.717, 1.165) is 10.6 Å². The minimum absolute atomic E-state index is 0.0243. The molecule has 0 saturated carbocycles. The highest BCUT2D eigenvalue weighted by Gasteiger charge is 2.17. The lowest BCUT2D eigenvalue weighted by Crippen LogP contribution is -2.34. The van der Waals surface area contributed by atoms with E-state index in [1.54, 1.807) is 12.1 Å². The number of ether oxygens (including phenoxy) is 1. The van der Waals surface area contributed by atoms with Gasteiger partial charge in [-0.2, -0.15) is 0 Å². The van der Waals surface area contributed by atoms with Crippen LogP contribution in [-0.2, 0) is 17.8 Å². The lowest BCUT2D eigenvalue weighted by Gasteiger charge is -2.16. The second kappa shape index (κ2) is 7.49. The van der Waals surface area contributed by atoms with Gasteiger partial charge in [0.2, 0.25) is 5.91 Å². The minimum atomic E-state index is -0.284. The first-order chi connectivity index (χ1) is 10.5. The number of halogens is 2. The SMILES string of the molecule is CN(N)C(=O)Cc1c(Cl)ccc(Cl)c1OCc1ccccc1. The highest BCUT2D eigenvalue weighted by molar-refractivity contribution is 6.35. The summed E-state index contributed by atoms with van der Waals surface area (Å²) in [6.45, 7) is 0.334. The highest BCUT2D eigenvalue weighted by atomic mass is 35.5. The van der Waals surface area contributed by atoms with Crippen LogP contribution in [0.1, 0.15) is 11.1 Å². The Balaban J connectivity index is 2.25. The molecule has 6 heteroatoms. The summed E-state index contributed by atoms with van der Waals surface area (Å²) in [7, 11) is 1.48. The molecular formula is C16H16Cl2N2O2. The van der Waals surface area contributed by atoms with Crippen LogP contribution in [0.3, 0.4) is 0 Å². The lowest BCUT2D eigenvalue weighted by molar-refractivity contribution is -0.129. The van der Waals surface area contributed by atoms with E-state index in [4.69, 9.17) is 33.8 Å². The number of benzene rings is 2. The second-order valence-corrected chi connectivity index (χ2v) is 5.61. The molecule has 0 bridgehead atoms. The molecule has 2 rings (SSSR count). The van der Waals surface area contributed by atoms with E-state index in [1.165, 1.54) is 7.05 Å². The van der Waals surface area contributed by atoms with E-state index in [9.17, 15) is 4.79 Å². The van der Waals surface area contributed by atoms with Crippen LogP contribution in [-0.4, -0.2) is 18.0 Å². The van der Waals surface area contributed by atoms with Gasteiger partial charge in [-0.3, -0.25) is 9.80 Å². The normalized spacial score (nSPS) is 10.4. The molecule has 0 aliphatic heterocycles. The summed E-state index contributed by atoms with van der Waals surface area (Å²) >= 11 is 12.4. The van der Waals surface area contributed by atoms with Crippen LogP contribution < -0.4 is 10.6 Å². The van der Waals surface area contributed by atoms with E-state index in [2.05, 4.69) is 0 Å². The van der Waals surface area contributed by atoms with Gasteiger partial charge in [-0.15, -0.1) is 0 Å². The molecule has 4 nitrogen and oxygen atoms in total. The third-order valence-corrected chi connectivity index (χ3v) is 3.75. The van der Waals surface area contributed by atoms with Crippen molar-refractivity contribution in [1.29, 1.82) is 0 Å². The molecule has 22 heavy (non-hydrogen) atoms. The Labute approximate surface area is 139 Å². The van der Waals surface area contributed by atoms with Gasteiger partial charge in [0.25, 0.3) is 0 Å². The number of rotatable bonds is 5. The third kappa shape index (κ3) is 4.13. The van der Waals surface area contributed by atoms with Gasteiger partial charge in [-0.25, -0.2) is 5.84 Å². The van der Waals surface area contributed by atoms with Crippen LogP contribution in [0.5, 0.6) is 5.75 Å². The smallest absolute Gasteiger partial charge is 0.240 e. The monoisotopic (exact) mass is 338 g/mol. The summed E-state index contributed by atoms with van der Waals surface area (Å²) in [5, 5.41) is 1.84. The number of hydrogen-bond acceptors (Lipinski definition) is 3. The highest BCUT2D eigenvalue weighted by Crippen LogP contribution is 2.35. The molecule has 0 radical (unpaired) electrons. The van der Waals surface area contributed by atoms with E-state index in [-0.39, 0.29) is 12.3 Å². The summed E-state index contributed by atoms with van der Waals surface area (Å²) in [5.41, 5.74) is 1.53. The van der Waals surface area contributed by atoms with Crippen LogP contribution in [0.25, 0.3) is 0 Å². The second-order valence-electron chi connectivity index (χ2n) is 4.79. The van der Waals surface area contributed by atoms with Crippen molar-refractivity contribution in [3.63, 3.8) is 0 Å². The van der Waals surface area contributed by atoms with Gasteiger partial charge in [-0.05, 0) is 17.7 Å². The Morgan fingerprint density at radius 1 is 1.14 bits per heavy atom. The van der Waals surface area contributed by atoms with Crippen molar-refractivity contribution >= 4 is 29.1 Å². The van der Waals surface area contributed by atoms with E-state index in [0.29, 0.717) is 28.0 Å². The molecule has 0 unspecified atom stereocenters. The van der Waals surface area contributed by atoms with Gasteiger partial charge in [0.05, 0.1) is 11.4 Å². The van der Waals surface area contributed by atoms with E-state index >= 15 is 0 Å². The topological polar surface area (TPSA) is 55.6 Å². The molecule has 2 N–H and O–H groups in total. The zero-order chi connectivity index (χ0) is 16.1. The van der Waals surface area contributed by atoms with Gasteiger partial charge >= 0.3 is 0 Å². The van der Waals surface area contributed by atoms with Gasteiger partial charge < -0.3 is 4.74 Å². The first-order valence-corrected chi connectivity index (χ1v) is 7.39. The molecule has 1 amide bonds. The standard InChI is InChI=1S/C16H16Cl2N2O2/c1-20(19)15(21)9-12-13(17)7-8-14(18)16(12)22-10-11-5-3-2-4-6-11/h2-8H,9-10,19H2,1H3. The Hall–Kier alpha value is -1.75. The fourth-order valence-electron chi connectivity index (χ4n) is 1.90. The maximum Gasteiger partial charge on any atom is 0.240 e. The average molecular weight is 339 g/mol. The number of amides is 1. The predicted octanol–water partition coefficient (Wildman–Crippen LogP) is 3.45. The maximum absolute atomic E-state index is 11.8. The fourth-order valence-corrected chi connectivity index (χ4v) is 2.35. The van der Waals surface area contributed by atoms with Crippen LogP contribution in [0, 0.1) is 0 Å². The number of hydrogen-bond donors (Lipinski definition) is 1. The van der Waals surface area contributed by atoms with Gasteiger partial charge in [0, 0.05) is 17.6 Å². The van der Waals surface area contributed by atoms with Crippen molar-refractivity contribution in [1.82, 2.24) is 5.01 Å². The molecular weight excluding hydrogens is 323 g/mol. The quantitative estimate of drug-likeness (QED) is 0.516. The lowest BCUT2D eigenvalue weighted by atomic mass is 10.1. The molecule has 2 aromatic rings. The van der Waals surface area contributed by atoms with Crippen LogP contribution in [0.2, 0.25) is 10.0 Å². The summed E-state index contributed by atoms with van der Waals surface area (Å²) < 4.78 is 5.79. The van der Waals surface area contributed by atoms with Gasteiger partial charge in [0.15, 0.2) is 0 Å².